The molecule has 3 heterocycles. The Labute approximate surface area is 134 Å². The Hall–Kier alpha value is -2.19. The third-order valence-corrected chi connectivity index (χ3v) is 4.31. The minimum absolute atomic E-state index is 0.159. The number of hydrogen-bond acceptors (Lipinski definition) is 7. The SMILES string of the molecule is Nc1c(NCC2CN(C3CC3)CCO2)ncnc1-n1cccn1. The van der Waals surface area contributed by atoms with Gasteiger partial charge in [-0.3, -0.25) is 4.90 Å². The van der Waals surface area contributed by atoms with Crippen LogP contribution in [0.15, 0.2) is 24.8 Å². The molecule has 8 nitrogen and oxygen atoms in total. The second-order valence-corrected chi connectivity index (χ2v) is 6.01. The van der Waals surface area contributed by atoms with Crippen LogP contribution in [0, 0.1) is 0 Å². The molecule has 4 rings (SSSR count). The highest BCUT2D eigenvalue weighted by atomic mass is 16.5. The Bertz CT molecular complexity index is 656. The van der Waals surface area contributed by atoms with Crippen molar-refractivity contribution in [3.05, 3.63) is 24.8 Å². The predicted molar refractivity (Wildman–Crippen MR) is 86.4 cm³/mol. The van der Waals surface area contributed by atoms with Crippen molar-refractivity contribution < 1.29 is 4.74 Å². The van der Waals surface area contributed by atoms with Crippen LogP contribution in [0.4, 0.5) is 11.5 Å². The van der Waals surface area contributed by atoms with Crippen molar-refractivity contribution in [1.82, 2.24) is 24.6 Å². The van der Waals surface area contributed by atoms with Crippen LogP contribution in [0.3, 0.4) is 0 Å². The molecule has 1 saturated heterocycles. The molecule has 2 aliphatic rings. The predicted octanol–water partition coefficient (Wildman–Crippen LogP) is 0.520. The van der Waals surface area contributed by atoms with E-state index in [-0.39, 0.29) is 6.10 Å². The Morgan fingerprint density at radius 3 is 3.04 bits per heavy atom. The van der Waals surface area contributed by atoms with Crippen LogP contribution < -0.4 is 11.1 Å². The van der Waals surface area contributed by atoms with Crippen LogP contribution in [0.1, 0.15) is 12.8 Å². The highest BCUT2D eigenvalue weighted by molar-refractivity contribution is 5.68. The first kappa shape index (κ1) is 14.4. The first-order valence-electron chi connectivity index (χ1n) is 8.01. The lowest BCUT2D eigenvalue weighted by Gasteiger charge is -2.33. The maximum atomic E-state index is 6.18. The van der Waals surface area contributed by atoms with Crippen LogP contribution in [-0.4, -0.2) is 63.0 Å². The van der Waals surface area contributed by atoms with Crippen molar-refractivity contribution in [2.45, 2.75) is 25.0 Å². The molecule has 3 N–H and O–H groups in total. The second-order valence-electron chi connectivity index (χ2n) is 6.01. The van der Waals surface area contributed by atoms with Gasteiger partial charge in [0.2, 0.25) is 0 Å². The summed E-state index contributed by atoms with van der Waals surface area (Å²) in [6, 6.07) is 2.61. The van der Waals surface area contributed by atoms with Crippen molar-refractivity contribution in [3.63, 3.8) is 0 Å². The molecule has 1 atom stereocenters. The largest absolute Gasteiger partial charge is 0.393 e. The number of nitrogen functional groups attached to an aromatic ring is 1. The van der Waals surface area contributed by atoms with Crippen molar-refractivity contribution in [2.75, 3.05) is 37.3 Å². The second kappa shape index (κ2) is 6.13. The molecule has 1 aliphatic carbocycles. The van der Waals surface area contributed by atoms with Crippen molar-refractivity contribution >= 4 is 11.5 Å². The number of nitrogens with one attached hydrogen (secondary N) is 1. The Morgan fingerprint density at radius 2 is 2.26 bits per heavy atom. The van der Waals surface area contributed by atoms with Crippen LogP contribution >= 0.6 is 0 Å². The molecule has 1 unspecified atom stereocenters. The van der Waals surface area contributed by atoms with E-state index in [1.54, 1.807) is 17.1 Å². The lowest BCUT2D eigenvalue weighted by molar-refractivity contribution is -0.0241. The molecule has 0 radical (unpaired) electrons. The summed E-state index contributed by atoms with van der Waals surface area (Å²) < 4.78 is 7.48. The Balaban J connectivity index is 1.41. The quantitative estimate of drug-likeness (QED) is 0.830. The Morgan fingerprint density at radius 1 is 1.35 bits per heavy atom. The summed E-state index contributed by atoms with van der Waals surface area (Å²) in [5.41, 5.74) is 6.67. The van der Waals surface area contributed by atoms with E-state index in [0.29, 0.717) is 23.9 Å². The number of morpholine rings is 1. The fourth-order valence-corrected chi connectivity index (χ4v) is 2.95. The van der Waals surface area contributed by atoms with Gasteiger partial charge in [-0.2, -0.15) is 5.10 Å². The molecule has 0 spiro atoms. The first-order chi connectivity index (χ1) is 11.3. The third-order valence-electron chi connectivity index (χ3n) is 4.31. The highest BCUT2D eigenvalue weighted by Crippen LogP contribution is 2.28. The number of aromatic nitrogens is 4. The molecular weight excluding hydrogens is 294 g/mol. The summed E-state index contributed by atoms with van der Waals surface area (Å²) in [5.74, 6) is 1.20. The van der Waals surface area contributed by atoms with E-state index in [1.807, 2.05) is 6.07 Å². The van der Waals surface area contributed by atoms with E-state index >= 15 is 0 Å². The van der Waals surface area contributed by atoms with Gasteiger partial charge in [-0.1, -0.05) is 0 Å². The van der Waals surface area contributed by atoms with Crippen molar-refractivity contribution in [1.29, 1.82) is 0 Å². The molecule has 23 heavy (non-hydrogen) atoms. The van der Waals surface area contributed by atoms with Crippen LogP contribution in [-0.2, 0) is 4.74 Å². The molecule has 122 valence electrons. The average molecular weight is 315 g/mol. The van der Waals surface area contributed by atoms with Gasteiger partial charge in [0, 0.05) is 38.1 Å². The molecule has 1 aliphatic heterocycles. The van der Waals surface area contributed by atoms with E-state index in [2.05, 4.69) is 25.3 Å². The number of hydrogen-bond donors (Lipinski definition) is 2. The zero-order valence-electron chi connectivity index (χ0n) is 12.9. The molecule has 2 aromatic heterocycles. The monoisotopic (exact) mass is 315 g/mol. The summed E-state index contributed by atoms with van der Waals surface area (Å²) in [6.07, 6.45) is 7.80. The fraction of sp³-hybridized carbons (Fsp3) is 0.533. The van der Waals surface area contributed by atoms with Gasteiger partial charge >= 0.3 is 0 Å². The van der Waals surface area contributed by atoms with Gasteiger partial charge in [0.15, 0.2) is 11.6 Å². The number of nitrogens with two attached hydrogens (primary N) is 1. The van der Waals surface area contributed by atoms with Crippen LogP contribution in [0.25, 0.3) is 5.82 Å². The number of nitrogens with zero attached hydrogens (tertiary/aromatic N) is 5. The summed E-state index contributed by atoms with van der Waals surface area (Å²) in [4.78, 5) is 11.0. The molecule has 2 fully saturated rings. The number of ether oxygens (including phenoxy) is 1. The first-order valence-corrected chi connectivity index (χ1v) is 8.01. The van der Waals surface area contributed by atoms with Gasteiger partial charge < -0.3 is 15.8 Å². The topological polar surface area (TPSA) is 94.1 Å². The zero-order valence-corrected chi connectivity index (χ0v) is 12.9. The van der Waals surface area contributed by atoms with Gasteiger partial charge in [0.1, 0.15) is 12.0 Å². The number of anilines is 2. The summed E-state index contributed by atoms with van der Waals surface area (Å²) in [7, 11) is 0. The summed E-state index contributed by atoms with van der Waals surface area (Å²) in [5, 5.41) is 7.46. The van der Waals surface area contributed by atoms with E-state index in [9.17, 15) is 0 Å². The van der Waals surface area contributed by atoms with Crippen molar-refractivity contribution in [3.8, 4) is 5.82 Å². The maximum absolute atomic E-state index is 6.18. The summed E-state index contributed by atoms with van der Waals surface area (Å²) in [6.45, 7) is 3.48. The molecule has 0 amide bonds. The molecule has 0 aromatic carbocycles. The van der Waals surface area contributed by atoms with Gasteiger partial charge in [0.05, 0.1) is 12.7 Å². The minimum atomic E-state index is 0.159. The van der Waals surface area contributed by atoms with E-state index in [4.69, 9.17) is 10.5 Å². The fourth-order valence-electron chi connectivity index (χ4n) is 2.95. The van der Waals surface area contributed by atoms with Crippen molar-refractivity contribution in [2.24, 2.45) is 0 Å². The lowest BCUT2D eigenvalue weighted by atomic mass is 10.2. The zero-order chi connectivity index (χ0) is 15.6. The van der Waals surface area contributed by atoms with Gasteiger partial charge in [-0.05, 0) is 18.9 Å². The van der Waals surface area contributed by atoms with Gasteiger partial charge in [-0.15, -0.1) is 0 Å². The van der Waals surface area contributed by atoms with E-state index < -0.39 is 0 Å². The van der Waals surface area contributed by atoms with Crippen LogP contribution in [0.2, 0.25) is 0 Å². The molecule has 1 saturated carbocycles. The molecule has 2 aromatic rings. The van der Waals surface area contributed by atoms with E-state index in [0.717, 1.165) is 25.7 Å². The van der Waals surface area contributed by atoms with Crippen LogP contribution in [0.5, 0.6) is 0 Å². The summed E-state index contributed by atoms with van der Waals surface area (Å²) >= 11 is 0. The molecular formula is C15H21N7O. The molecule has 8 heteroatoms. The molecule has 0 bridgehead atoms. The third kappa shape index (κ3) is 3.13. The minimum Gasteiger partial charge on any atom is -0.393 e. The standard InChI is InChI=1S/C15H21N7O/c16-13-14(18-10-19-15(13)22-5-1-4-20-22)17-8-12-9-21(6-7-23-12)11-2-3-11/h1,4-5,10-12H,2-3,6-9,16H2,(H,17,18,19). The number of rotatable bonds is 5. The lowest BCUT2D eigenvalue weighted by Crippen LogP contribution is -2.46. The highest BCUT2D eigenvalue weighted by Gasteiger charge is 2.32. The van der Waals surface area contributed by atoms with Gasteiger partial charge in [0.25, 0.3) is 0 Å². The Kier molecular flexibility index (Phi) is 3.84. The van der Waals surface area contributed by atoms with E-state index in [1.165, 1.54) is 19.2 Å². The normalized spacial score (nSPS) is 22.2. The maximum Gasteiger partial charge on any atom is 0.181 e. The average Bonchev–Trinajstić information content (AvgIpc) is 3.30. The smallest absolute Gasteiger partial charge is 0.181 e. The van der Waals surface area contributed by atoms with Gasteiger partial charge in [-0.25, -0.2) is 14.6 Å².